The van der Waals surface area contributed by atoms with Gasteiger partial charge in [-0.2, -0.15) is 8.42 Å². The standard InChI is InChI=1S/C23H36N4O6S/c1-16(2)18-5-3-4-6-19(18)34(31,32)33-23(30)15-20(24)27-22(29)11-14-26-21(28)8-7-17-9-12-25-13-10-17/h3-6,16-17,20,25H,7-15,24H2,1-2H3,(H,26,28)(H,27,29). The van der Waals surface area contributed by atoms with E-state index in [0.29, 0.717) is 17.9 Å². The van der Waals surface area contributed by atoms with Gasteiger partial charge in [0.2, 0.25) is 11.8 Å². The summed E-state index contributed by atoms with van der Waals surface area (Å²) in [6.07, 6.45) is 1.75. The third-order valence-electron chi connectivity index (χ3n) is 5.66. The van der Waals surface area contributed by atoms with Crippen LogP contribution in [0.25, 0.3) is 0 Å². The number of amides is 2. The Hall–Kier alpha value is -2.50. The summed E-state index contributed by atoms with van der Waals surface area (Å²) in [7, 11) is -4.32. The van der Waals surface area contributed by atoms with Crippen molar-refractivity contribution in [1.82, 2.24) is 16.0 Å². The average molecular weight is 497 g/mol. The molecule has 1 atom stereocenters. The Labute approximate surface area is 201 Å². The number of hydrogen-bond acceptors (Lipinski definition) is 8. The molecule has 1 unspecified atom stereocenters. The van der Waals surface area contributed by atoms with Gasteiger partial charge in [0.05, 0.1) is 12.6 Å². The lowest BCUT2D eigenvalue weighted by Crippen LogP contribution is -2.44. The van der Waals surface area contributed by atoms with Crippen molar-refractivity contribution in [3.05, 3.63) is 29.8 Å². The van der Waals surface area contributed by atoms with E-state index in [0.717, 1.165) is 32.4 Å². The molecule has 1 saturated heterocycles. The van der Waals surface area contributed by atoms with Crippen molar-refractivity contribution < 1.29 is 27.0 Å². The number of nitrogens with one attached hydrogen (secondary N) is 3. The van der Waals surface area contributed by atoms with Crippen molar-refractivity contribution in [2.75, 3.05) is 19.6 Å². The van der Waals surface area contributed by atoms with E-state index in [9.17, 15) is 22.8 Å². The Balaban J connectivity index is 1.70. The van der Waals surface area contributed by atoms with Crippen LogP contribution in [0.2, 0.25) is 0 Å². The molecule has 0 aromatic heterocycles. The van der Waals surface area contributed by atoms with Crippen LogP contribution >= 0.6 is 0 Å². The van der Waals surface area contributed by atoms with Gasteiger partial charge in [-0.05, 0) is 55.8 Å². The molecular formula is C23H36N4O6S. The highest BCUT2D eigenvalue weighted by molar-refractivity contribution is 7.87. The summed E-state index contributed by atoms with van der Waals surface area (Å²) < 4.78 is 29.7. The van der Waals surface area contributed by atoms with Crippen molar-refractivity contribution in [1.29, 1.82) is 0 Å². The van der Waals surface area contributed by atoms with Crippen molar-refractivity contribution in [3.8, 4) is 0 Å². The molecule has 2 rings (SSSR count). The number of benzene rings is 1. The Morgan fingerprint density at radius 3 is 2.47 bits per heavy atom. The van der Waals surface area contributed by atoms with E-state index in [1.165, 1.54) is 6.07 Å². The first-order chi connectivity index (χ1) is 16.1. The van der Waals surface area contributed by atoms with Crippen LogP contribution < -0.4 is 21.7 Å². The number of piperidine rings is 1. The second-order valence-corrected chi connectivity index (χ2v) is 10.3. The van der Waals surface area contributed by atoms with Crippen molar-refractivity contribution in [2.24, 2.45) is 11.7 Å². The molecule has 0 radical (unpaired) electrons. The molecule has 0 bridgehead atoms. The molecule has 1 fully saturated rings. The summed E-state index contributed by atoms with van der Waals surface area (Å²) in [5.74, 6) is -1.18. The van der Waals surface area contributed by atoms with Crippen LogP contribution in [-0.2, 0) is 28.7 Å². The molecule has 1 aromatic rings. The predicted octanol–water partition coefficient (Wildman–Crippen LogP) is 1.12. The van der Waals surface area contributed by atoms with Crippen LogP contribution in [-0.4, -0.2) is 52.0 Å². The first kappa shape index (κ1) is 27.7. The summed E-state index contributed by atoms with van der Waals surface area (Å²) in [6.45, 7) is 5.78. The zero-order valence-corrected chi connectivity index (χ0v) is 20.7. The molecule has 0 spiro atoms. The molecule has 2 amide bonds. The number of carbonyl (C=O) groups excluding carboxylic acids is 3. The number of nitrogens with two attached hydrogens (primary N) is 1. The van der Waals surface area contributed by atoms with E-state index in [4.69, 9.17) is 9.92 Å². The van der Waals surface area contributed by atoms with Gasteiger partial charge < -0.3 is 25.9 Å². The third kappa shape index (κ3) is 9.40. The topological polar surface area (TPSA) is 157 Å². The average Bonchev–Trinajstić information content (AvgIpc) is 2.77. The van der Waals surface area contributed by atoms with Crippen molar-refractivity contribution >= 4 is 27.9 Å². The number of rotatable bonds is 12. The van der Waals surface area contributed by atoms with E-state index in [1.807, 2.05) is 13.8 Å². The monoisotopic (exact) mass is 496 g/mol. The van der Waals surface area contributed by atoms with Crippen molar-refractivity contribution in [2.45, 2.75) is 69.4 Å². The summed E-state index contributed by atoms with van der Waals surface area (Å²) in [5, 5.41) is 8.40. The summed E-state index contributed by atoms with van der Waals surface area (Å²) in [4.78, 5) is 36.0. The summed E-state index contributed by atoms with van der Waals surface area (Å²) >= 11 is 0. The van der Waals surface area contributed by atoms with Gasteiger partial charge in [0.15, 0.2) is 0 Å². The molecule has 34 heavy (non-hydrogen) atoms. The van der Waals surface area contributed by atoms with Gasteiger partial charge in [-0.3, -0.25) is 14.4 Å². The van der Waals surface area contributed by atoms with Crippen LogP contribution in [0.5, 0.6) is 0 Å². The quantitative estimate of drug-likeness (QED) is 0.248. The van der Waals surface area contributed by atoms with Gasteiger partial charge in [0.1, 0.15) is 4.90 Å². The van der Waals surface area contributed by atoms with Gasteiger partial charge >= 0.3 is 16.1 Å². The molecule has 1 aliphatic rings. The van der Waals surface area contributed by atoms with Crippen LogP contribution in [0.3, 0.4) is 0 Å². The maximum atomic E-state index is 12.5. The first-order valence-corrected chi connectivity index (χ1v) is 13.1. The van der Waals surface area contributed by atoms with Crippen LogP contribution in [0.15, 0.2) is 29.2 Å². The van der Waals surface area contributed by atoms with Gasteiger partial charge in [-0.25, -0.2) is 0 Å². The molecule has 190 valence electrons. The Morgan fingerprint density at radius 2 is 1.79 bits per heavy atom. The minimum absolute atomic E-state index is 0.0120. The van der Waals surface area contributed by atoms with E-state index in [2.05, 4.69) is 16.0 Å². The molecule has 1 aromatic carbocycles. The highest BCUT2D eigenvalue weighted by Gasteiger charge is 2.25. The van der Waals surface area contributed by atoms with Crippen LogP contribution in [0, 0.1) is 5.92 Å². The van der Waals surface area contributed by atoms with Gasteiger partial charge in [-0.15, -0.1) is 0 Å². The molecule has 5 N–H and O–H groups in total. The third-order valence-corrected chi connectivity index (χ3v) is 6.97. The molecule has 10 nitrogen and oxygen atoms in total. The second-order valence-electron chi connectivity index (χ2n) is 8.81. The summed E-state index contributed by atoms with van der Waals surface area (Å²) in [5.41, 5.74) is 6.29. The minimum atomic E-state index is -4.32. The first-order valence-electron chi connectivity index (χ1n) is 11.7. The molecule has 11 heteroatoms. The van der Waals surface area contributed by atoms with E-state index >= 15 is 0 Å². The zero-order chi connectivity index (χ0) is 25.1. The van der Waals surface area contributed by atoms with E-state index < -0.39 is 34.6 Å². The van der Waals surface area contributed by atoms with Gasteiger partial charge in [-0.1, -0.05) is 32.0 Å². The molecule has 0 saturated carbocycles. The highest BCUT2D eigenvalue weighted by atomic mass is 32.2. The Morgan fingerprint density at radius 1 is 1.12 bits per heavy atom. The maximum Gasteiger partial charge on any atom is 0.341 e. The fourth-order valence-electron chi connectivity index (χ4n) is 3.81. The minimum Gasteiger partial charge on any atom is -0.356 e. The van der Waals surface area contributed by atoms with Gasteiger partial charge in [0, 0.05) is 19.4 Å². The number of carbonyl (C=O) groups is 3. The normalized spacial score (nSPS) is 15.5. The van der Waals surface area contributed by atoms with Gasteiger partial charge in [0.25, 0.3) is 0 Å². The SMILES string of the molecule is CC(C)c1ccccc1S(=O)(=O)OC(=O)CC(N)NC(=O)CCNC(=O)CCC1CCNCC1. The molecule has 1 heterocycles. The Bertz CT molecular complexity index is 945. The summed E-state index contributed by atoms with van der Waals surface area (Å²) in [6, 6.07) is 6.28. The molecular weight excluding hydrogens is 460 g/mol. The maximum absolute atomic E-state index is 12.5. The lowest BCUT2D eigenvalue weighted by molar-refractivity contribution is -0.134. The van der Waals surface area contributed by atoms with Crippen LogP contribution in [0.4, 0.5) is 0 Å². The zero-order valence-electron chi connectivity index (χ0n) is 19.8. The molecule has 0 aliphatic carbocycles. The fourth-order valence-corrected chi connectivity index (χ4v) is 5.05. The second kappa shape index (κ2) is 13.4. The Kier molecular flexibility index (Phi) is 10.9. The lowest BCUT2D eigenvalue weighted by Gasteiger charge is -2.22. The van der Waals surface area contributed by atoms with Crippen molar-refractivity contribution in [3.63, 3.8) is 0 Å². The van der Waals surface area contributed by atoms with Crippen LogP contribution in [0.1, 0.15) is 63.9 Å². The predicted molar refractivity (Wildman–Crippen MR) is 127 cm³/mol. The number of hydrogen-bond donors (Lipinski definition) is 4. The largest absolute Gasteiger partial charge is 0.356 e. The molecule has 1 aliphatic heterocycles. The lowest BCUT2D eigenvalue weighted by atomic mass is 9.93. The van der Waals surface area contributed by atoms with E-state index in [-0.39, 0.29) is 29.7 Å². The van der Waals surface area contributed by atoms with E-state index in [1.54, 1.807) is 18.2 Å². The smallest absolute Gasteiger partial charge is 0.341 e. The highest BCUT2D eigenvalue weighted by Crippen LogP contribution is 2.25. The fraction of sp³-hybridized carbons (Fsp3) is 0.609.